The highest BCUT2D eigenvalue weighted by atomic mass is 16.7. The minimum Gasteiger partial charge on any atom is -0.464 e. The Morgan fingerprint density at radius 2 is 2.38 bits per heavy atom. The fraction of sp³-hybridized carbons (Fsp3) is 0.875. The number of methoxy groups -OCH3 is 1. The Labute approximate surface area is 76.9 Å². The lowest BCUT2D eigenvalue weighted by atomic mass is 10.4. The number of hydrogen-bond donors (Lipinski definition) is 0. The zero-order valence-electron chi connectivity index (χ0n) is 7.65. The van der Waals surface area contributed by atoms with Crippen molar-refractivity contribution < 1.29 is 23.7 Å². The molecule has 5 nitrogen and oxygen atoms in total. The quantitative estimate of drug-likeness (QED) is 0.449. The Morgan fingerprint density at radius 3 is 3.00 bits per heavy atom. The van der Waals surface area contributed by atoms with Crippen LogP contribution < -0.4 is 0 Å². The van der Waals surface area contributed by atoms with Crippen molar-refractivity contribution in [2.45, 2.75) is 12.5 Å². The Morgan fingerprint density at radius 1 is 1.54 bits per heavy atom. The molecule has 1 unspecified atom stereocenters. The van der Waals surface area contributed by atoms with Crippen LogP contribution in [0.25, 0.3) is 0 Å². The third-order valence-corrected chi connectivity index (χ3v) is 1.62. The van der Waals surface area contributed by atoms with Crippen LogP contribution in [-0.2, 0) is 23.7 Å². The molecule has 1 rings (SSSR count). The summed E-state index contributed by atoms with van der Waals surface area (Å²) in [6.45, 7) is 1.43. The highest BCUT2D eigenvalue weighted by molar-refractivity contribution is 5.75. The van der Waals surface area contributed by atoms with Gasteiger partial charge in [-0.25, -0.2) is 4.79 Å². The first-order chi connectivity index (χ1) is 6.34. The molecule has 0 N–H and O–H groups in total. The van der Waals surface area contributed by atoms with Crippen molar-refractivity contribution in [1.82, 2.24) is 0 Å². The molecular formula is C8H14O5. The van der Waals surface area contributed by atoms with E-state index in [2.05, 4.69) is 0 Å². The van der Waals surface area contributed by atoms with Crippen LogP contribution in [0.4, 0.5) is 0 Å². The van der Waals surface area contributed by atoms with Crippen molar-refractivity contribution >= 4 is 5.97 Å². The molecule has 0 bridgehead atoms. The molecule has 1 atom stereocenters. The molecule has 1 aliphatic rings. The largest absolute Gasteiger partial charge is 0.464 e. The summed E-state index contributed by atoms with van der Waals surface area (Å²) >= 11 is 0. The van der Waals surface area contributed by atoms with Gasteiger partial charge in [0.25, 0.3) is 0 Å². The minimum atomic E-state index is -0.539. The van der Waals surface area contributed by atoms with Crippen molar-refractivity contribution in [1.29, 1.82) is 0 Å². The van der Waals surface area contributed by atoms with E-state index in [0.29, 0.717) is 26.2 Å². The van der Waals surface area contributed by atoms with E-state index in [4.69, 9.17) is 18.9 Å². The molecule has 0 radical (unpaired) electrons. The fourth-order valence-electron chi connectivity index (χ4n) is 0.939. The van der Waals surface area contributed by atoms with Gasteiger partial charge in [-0.2, -0.15) is 0 Å². The summed E-state index contributed by atoms with van der Waals surface area (Å²) in [5, 5.41) is 0. The van der Waals surface area contributed by atoms with Crippen molar-refractivity contribution in [3.8, 4) is 0 Å². The SMILES string of the molecule is COCCCOC(=O)C1COCO1. The second kappa shape index (κ2) is 5.90. The maximum absolute atomic E-state index is 11.1. The smallest absolute Gasteiger partial charge is 0.337 e. The first-order valence-corrected chi connectivity index (χ1v) is 4.19. The van der Waals surface area contributed by atoms with Crippen molar-refractivity contribution in [2.75, 3.05) is 33.7 Å². The normalized spacial score (nSPS) is 21.8. The molecule has 1 saturated heterocycles. The van der Waals surface area contributed by atoms with E-state index in [0.717, 1.165) is 0 Å². The van der Waals surface area contributed by atoms with E-state index in [1.165, 1.54) is 0 Å². The molecule has 0 aromatic rings. The third kappa shape index (κ3) is 3.71. The predicted molar refractivity (Wildman–Crippen MR) is 43.1 cm³/mol. The van der Waals surface area contributed by atoms with E-state index < -0.39 is 6.10 Å². The summed E-state index contributed by atoms with van der Waals surface area (Å²) in [5.74, 6) is -0.353. The Hall–Kier alpha value is -0.650. The lowest BCUT2D eigenvalue weighted by molar-refractivity contribution is -0.154. The van der Waals surface area contributed by atoms with Gasteiger partial charge in [-0.3, -0.25) is 0 Å². The Balaban J connectivity index is 2.03. The molecule has 13 heavy (non-hydrogen) atoms. The average molecular weight is 190 g/mol. The van der Waals surface area contributed by atoms with Gasteiger partial charge in [0.1, 0.15) is 6.79 Å². The van der Waals surface area contributed by atoms with Gasteiger partial charge in [0.2, 0.25) is 0 Å². The molecule has 0 aromatic carbocycles. The highest BCUT2D eigenvalue weighted by Gasteiger charge is 2.25. The molecular weight excluding hydrogens is 176 g/mol. The first-order valence-electron chi connectivity index (χ1n) is 4.19. The van der Waals surface area contributed by atoms with Gasteiger partial charge in [-0.15, -0.1) is 0 Å². The molecule has 1 heterocycles. The summed E-state index contributed by atoms with van der Waals surface area (Å²) in [6.07, 6.45) is 0.165. The zero-order valence-corrected chi connectivity index (χ0v) is 7.65. The summed E-state index contributed by atoms with van der Waals surface area (Å²) in [5.41, 5.74) is 0. The van der Waals surface area contributed by atoms with Gasteiger partial charge < -0.3 is 18.9 Å². The van der Waals surface area contributed by atoms with Gasteiger partial charge in [0.15, 0.2) is 6.10 Å². The van der Waals surface area contributed by atoms with Crippen LogP contribution in [0.3, 0.4) is 0 Å². The molecule has 5 heteroatoms. The van der Waals surface area contributed by atoms with Crippen molar-refractivity contribution in [2.24, 2.45) is 0 Å². The third-order valence-electron chi connectivity index (χ3n) is 1.62. The monoisotopic (exact) mass is 190 g/mol. The number of esters is 1. The first kappa shape index (κ1) is 10.4. The van der Waals surface area contributed by atoms with Gasteiger partial charge in [-0.05, 0) is 0 Å². The van der Waals surface area contributed by atoms with Crippen LogP contribution in [0.5, 0.6) is 0 Å². The number of ether oxygens (including phenoxy) is 4. The summed E-state index contributed by atoms with van der Waals surface area (Å²) in [4.78, 5) is 11.1. The molecule has 0 spiro atoms. The predicted octanol–water partition coefficient (Wildman–Crippen LogP) is -0.0610. The second-order valence-corrected chi connectivity index (χ2v) is 2.66. The summed E-state index contributed by atoms with van der Waals surface area (Å²) < 4.78 is 19.5. The second-order valence-electron chi connectivity index (χ2n) is 2.66. The van der Waals surface area contributed by atoms with Crippen LogP contribution in [0.2, 0.25) is 0 Å². The Kier molecular flexibility index (Phi) is 4.74. The summed E-state index contributed by atoms with van der Waals surface area (Å²) in [7, 11) is 1.61. The van der Waals surface area contributed by atoms with E-state index in [9.17, 15) is 4.79 Å². The number of carbonyl (C=O) groups is 1. The van der Waals surface area contributed by atoms with Crippen LogP contribution in [0, 0.1) is 0 Å². The van der Waals surface area contributed by atoms with E-state index in [1.807, 2.05) is 0 Å². The topological polar surface area (TPSA) is 54.0 Å². The van der Waals surface area contributed by atoms with Crippen molar-refractivity contribution in [3.63, 3.8) is 0 Å². The molecule has 0 saturated carbocycles. The maximum Gasteiger partial charge on any atom is 0.337 e. The molecule has 76 valence electrons. The molecule has 1 fully saturated rings. The maximum atomic E-state index is 11.1. The van der Waals surface area contributed by atoms with E-state index in [-0.39, 0.29) is 12.8 Å². The molecule has 0 amide bonds. The standard InChI is InChI=1S/C8H14O5/c1-10-3-2-4-12-8(9)7-5-11-6-13-7/h7H,2-6H2,1H3. The zero-order chi connectivity index (χ0) is 9.52. The number of rotatable bonds is 5. The van der Waals surface area contributed by atoms with Gasteiger partial charge in [-0.1, -0.05) is 0 Å². The van der Waals surface area contributed by atoms with E-state index in [1.54, 1.807) is 7.11 Å². The lowest BCUT2D eigenvalue weighted by Gasteiger charge is -2.07. The molecule has 0 aromatic heterocycles. The highest BCUT2D eigenvalue weighted by Crippen LogP contribution is 2.04. The number of hydrogen-bond acceptors (Lipinski definition) is 5. The summed E-state index contributed by atoms with van der Waals surface area (Å²) in [6, 6.07) is 0. The van der Waals surface area contributed by atoms with Crippen LogP contribution in [-0.4, -0.2) is 45.8 Å². The Bertz CT molecular complexity index is 153. The van der Waals surface area contributed by atoms with Crippen molar-refractivity contribution in [3.05, 3.63) is 0 Å². The van der Waals surface area contributed by atoms with Gasteiger partial charge in [0, 0.05) is 20.1 Å². The molecule has 1 aliphatic heterocycles. The van der Waals surface area contributed by atoms with Crippen LogP contribution in [0.1, 0.15) is 6.42 Å². The molecule has 0 aliphatic carbocycles. The minimum absolute atomic E-state index is 0.178. The van der Waals surface area contributed by atoms with Crippen LogP contribution in [0.15, 0.2) is 0 Å². The van der Waals surface area contributed by atoms with Crippen LogP contribution >= 0.6 is 0 Å². The number of carbonyl (C=O) groups excluding carboxylic acids is 1. The van der Waals surface area contributed by atoms with E-state index >= 15 is 0 Å². The average Bonchev–Trinajstić information content (AvgIpc) is 2.65. The van der Waals surface area contributed by atoms with Gasteiger partial charge >= 0.3 is 5.97 Å². The lowest BCUT2D eigenvalue weighted by Crippen LogP contribution is -2.25. The fourth-order valence-corrected chi connectivity index (χ4v) is 0.939. The van der Waals surface area contributed by atoms with Gasteiger partial charge in [0.05, 0.1) is 13.2 Å².